The van der Waals surface area contributed by atoms with Crippen molar-refractivity contribution in [1.82, 2.24) is 10.6 Å². The molecule has 2 aromatic carbocycles. The maximum atomic E-state index is 12.8. The molecule has 0 heterocycles. The lowest BCUT2D eigenvalue weighted by atomic mass is 9.98. The first-order chi connectivity index (χ1) is 20.2. The topological polar surface area (TPSA) is 144 Å². The van der Waals surface area contributed by atoms with Gasteiger partial charge in [0.2, 0.25) is 5.91 Å². The van der Waals surface area contributed by atoms with Crippen LogP contribution in [0.5, 0.6) is 0 Å². The quantitative estimate of drug-likeness (QED) is 0.101. The Kier molecular flexibility index (Phi) is 14.9. The monoisotopic (exact) mass is 585 g/mol. The number of thioether (sulfide) groups is 1. The minimum Gasteiger partial charge on any atom is -0.449 e. The summed E-state index contributed by atoms with van der Waals surface area (Å²) in [5, 5.41) is 8.96. The molecule has 0 aliphatic heterocycles. The third-order valence-electron chi connectivity index (χ3n) is 6.27. The highest BCUT2D eigenvalue weighted by Crippen LogP contribution is 2.44. The Balaban J connectivity index is 1.36. The Morgan fingerprint density at radius 3 is 2.20 bits per heavy atom. The summed E-state index contributed by atoms with van der Waals surface area (Å²) in [6.45, 7) is 5.13. The van der Waals surface area contributed by atoms with E-state index in [-0.39, 0.29) is 18.4 Å². The van der Waals surface area contributed by atoms with Crippen molar-refractivity contribution < 1.29 is 28.5 Å². The molecule has 0 spiro atoms. The van der Waals surface area contributed by atoms with Gasteiger partial charge in [0.1, 0.15) is 12.6 Å². The van der Waals surface area contributed by atoms with Gasteiger partial charge < -0.3 is 29.6 Å². The number of ether oxygens (including phenoxy) is 4. The Morgan fingerprint density at radius 1 is 0.951 bits per heavy atom. The number of carbonyl (C=O) groups excluding carboxylic acids is 2. The number of fused-ring (bicyclic) bond motifs is 3. The number of carbonyl (C=O) groups is 2. The van der Waals surface area contributed by atoms with Crippen LogP contribution in [0.2, 0.25) is 0 Å². The van der Waals surface area contributed by atoms with E-state index in [0.29, 0.717) is 58.5 Å². The Labute approximate surface area is 245 Å². The molecule has 11 nitrogen and oxygen atoms in total. The number of hydrogen-bond acceptors (Lipinski definition) is 8. The molecular weight excluding hydrogens is 546 g/mol. The summed E-state index contributed by atoms with van der Waals surface area (Å²) in [5.41, 5.74) is 12.8. The largest absolute Gasteiger partial charge is 0.449 e. The van der Waals surface area contributed by atoms with Crippen molar-refractivity contribution in [2.24, 2.45) is 5.11 Å². The lowest BCUT2D eigenvalue weighted by molar-refractivity contribution is -0.122. The molecular formula is C29H39N5O6S. The first-order valence-electron chi connectivity index (χ1n) is 13.9. The zero-order valence-electron chi connectivity index (χ0n) is 23.5. The van der Waals surface area contributed by atoms with Gasteiger partial charge in [-0.1, -0.05) is 60.6 Å². The van der Waals surface area contributed by atoms with E-state index in [2.05, 4.69) is 51.8 Å². The summed E-state index contributed by atoms with van der Waals surface area (Å²) in [4.78, 5) is 28.3. The molecule has 0 bridgehead atoms. The van der Waals surface area contributed by atoms with Crippen molar-refractivity contribution >= 4 is 23.8 Å². The van der Waals surface area contributed by atoms with E-state index in [0.717, 1.165) is 34.4 Å². The number of nitrogens with one attached hydrogen (secondary N) is 2. The fraction of sp³-hybridized carbons (Fsp3) is 0.517. The minimum absolute atomic E-state index is 0.0484. The van der Waals surface area contributed by atoms with Crippen molar-refractivity contribution in [1.29, 1.82) is 0 Å². The summed E-state index contributed by atoms with van der Waals surface area (Å²) in [7, 11) is 0. The SMILES string of the molecule is CCCSCC(NC(=O)OCC1c2ccccc2-c2ccccc21)C(=O)NCCOCCOCCOCCN=[N+]=[N-]. The number of azide groups is 1. The van der Waals surface area contributed by atoms with Crippen molar-refractivity contribution in [3.8, 4) is 11.1 Å². The molecule has 12 heteroatoms. The average Bonchev–Trinajstić information content (AvgIpc) is 3.31. The second-order valence-corrected chi connectivity index (χ2v) is 10.3. The molecule has 3 rings (SSSR count). The van der Waals surface area contributed by atoms with Gasteiger partial charge in [-0.05, 0) is 40.0 Å². The number of benzene rings is 2. The predicted octanol–water partition coefficient (Wildman–Crippen LogP) is 4.51. The van der Waals surface area contributed by atoms with Gasteiger partial charge in [0.25, 0.3) is 0 Å². The highest BCUT2D eigenvalue weighted by molar-refractivity contribution is 7.99. The maximum Gasteiger partial charge on any atom is 0.407 e. The molecule has 0 fully saturated rings. The zero-order chi connectivity index (χ0) is 29.1. The van der Waals surface area contributed by atoms with E-state index < -0.39 is 12.1 Å². The van der Waals surface area contributed by atoms with E-state index in [4.69, 9.17) is 24.5 Å². The van der Waals surface area contributed by atoms with Crippen LogP contribution in [0.4, 0.5) is 4.79 Å². The number of amides is 2. The Bertz CT molecular complexity index is 1100. The molecule has 0 saturated heterocycles. The molecule has 1 atom stereocenters. The first-order valence-corrected chi connectivity index (χ1v) is 15.0. The van der Waals surface area contributed by atoms with Gasteiger partial charge in [0.15, 0.2) is 0 Å². The van der Waals surface area contributed by atoms with Crippen molar-refractivity contribution in [3.63, 3.8) is 0 Å². The van der Waals surface area contributed by atoms with Crippen molar-refractivity contribution in [2.45, 2.75) is 25.3 Å². The van der Waals surface area contributed by atoms with Crippen molar-refractivity contribution in [3.05, 3.63) is 70.1 Å². The second-order valence-electron chi connectivity index (χ2n) is 9.18. The lowest BCUT2D eigenvalue weighted by Crippen LogP contribution is -2.49. The predicted molar refractivity (Wildman–Crippen MR) is 159 cm³/mol. The van der Waals surface area contributed by atoms with Crippen LogP contribution in [0.3, 0.4) is 0 Å². The summed E-state index contributed by atoms with van der Waals surface area (Å²) in [5.74, 6) is 1.01. The molecule has 1 unspecified atom stereocenters. The van der Waals surface area contributed by atoms with E-state index in [1.54, 1.807) is 11.8 Å². The summed E-state index contributed by atoms with van der Waals surface area (Å²) in [6.07, 6.45) is 0.362. The maximum absolute atomic E-state index is 12.8. The zero-order valence-corrected chi connectivity index (χ0v) is 24.3. The first kappa shape index (κ1) is 32.2. The number of alkyl carbamates (subject to hydrolysis) is 1. The van der Waals surface area contributed by atoms with Gasteiger partial charge in [-0.25, -0.2) is 4.79 Å². The third kappa shape index (κ3) is 10.9. The molecule has 1 aliphatic carbocycles. The second kappa shape index (κ2) is 19.0. The van der Waals surface area contributed by atoms with Gasteiger partial charge in [-0.15, -0.1) is 0 Å². The molecule has 222 valence electrons. The molecule has 41 heavy (non-hydrogen) atoms. The van der Waals surface area contributed by atoms with Gasteiger partial charge in [-0.2, -0.15) is 11.8 Å². The standard InChI is InChI=1S/C29H39N5O6S/c1-2-19-41-21-27(28(35)31-11-13-37-15-17-39-18-16-38-14-12-32-34-30)33-29(36)40-20-26-24-9-5-3-7-22(24)23-8-4-6-10-25(23)26/h3-10,26-27H,2,11-21H2,1H3,(H,31,35)(H,33,36). The molecule has 0 aromatic heterocycles. The molecule has 0 radical (unpaired) electrons. The van der Waals surface area contributed by atoms with Crippen LogP contribution in [0.1, 0.15) is 30.4 Å². The summed E-state index contributed by atoms with van der Waals surface area (Å²) >= 11 is 1.61. The third-order valence-corrected chi connectivity index (χ3v) is 7.54. The van der Waals surface area contributed by atoms with Crippen LogP contribution >= 0.6 is 11.8 Å². The number of nitrogens with zero attached hydrogens (tertiary/aromatic N) is 3. The molecule has 1 aliphatic rings. The fourth-order valence-electron chi connectivity index (χ4n) is 4.37. The van der Waals surface area contributed by atoms with Crippen LogP contribution < -0.4 is 10.6 Å². The van der Waals surface area contributed by atoms with Gasteiger partial charge >= 0.3 is 6.09 Å². The molecule has 2 N–H and O–H groups in total. The average molecular weight is 586 g/mol. The van der Waals surface area contributed by atoms with Crippen LogP contribution in [0.25, 0.3) is 21.6 Å². The number of rotatable bonds is 20. The van der Waals surface area contributed by atoms with Gasteiger partial charge in [0, 0.05) is 29.7 Å². The fourth-order valence-corrected chi connectivity index (χ4v) is 5.30. The molecule has 0 saturated carbocycles. The lowest BCUT2D eigenvalue weighted by Gasteiger charge is -2.19. The highest BCUT2D eigenvalue weighted by atomic mass is 32.2. The van der Waals surface area contributed by atoms with Gasteiger partial charge in [-0.3, -0.25) is 4.79 Å². The molecule has 2 amide bonds. The highest BCUT2D eigenvalue weighted by Gasteiger charge is 2.29. The summed E-state index contributed by atoms with van der Waals surface area (Å²) < 4.78 is 21.8. The normalized spacial score (nSPS) is 12.6. The van der Waals surface area contributed by atoms with Crippen LogP contribution in [-0.2, 0) is 23.7 Å². The van der Waals surface area contributed by atoms with E-state index in [1.165, 1.54) is 0 Å². The van der Waals surface area contributed by atoms with E-state index >= 15 is 0 Å². The molecule has 2 aromatic rings. The van der Waals surface area contributed by atoms with E-state index in [9.17, 15) is 9.59 Å². The van der Waals surface area contributed by atoms with Gasteiger partial charge in [0.05, 0.1) is 39.6 Å². The van der Waals surface area contributed by atoms with E-state index in [1.807, 2.05) is 24.3 Å². The smallest absolute Gasteiger partial charge is 0.407 e. The Morgan fingerprint density at radius 2 is 1.56 bits per heavy atom. The summed E-state index contributed by atoms with van der Waals surface area (Å²) in [6, 6.07) is 15.6. The Hall–Kier alpha value is -3.28. The van der Waals surface area contributed by atoms with Crippen LogP contribution in [0.15, 0.2) is 53.6 Å². The van der Waals surface area contributed by atoms with Crippen LogP contribution in [0, 0.1) is 0 Å². The number of hydrogen-bond donors (Lipinski definition) is 2. The minimum atomic E-state index is -0.718. The van der Waals surface area contributed by atoms with Crippen molar-refractivity contribution in [2.75, 3.05) is 70.8 Å². The van der Waals surface area contributed by atoms with Crippen LogP contribution in [-0.4, -0.2) is 88.9 Å².